The Balaban J connectivity index is 1.35. The highest BCUT2D eigenvalue weighted by Gasteiger charge is 2.02. The Morgan fingerprint density at radius 3 is 1.44 bits per heavy atom. The Hall–Kier alpha value is -3.90. The van der Waals surface area contributed by atoms with Crippen molar-refractivity contribution in [3.8, 4) is 23.7 Å². The normalized spacial score (nSPS) is 9.67. The SMILES string of the molecule is O=C(NCCc1ccccc1)OCCCCC#CC#CCCCCOC(=O)NCCc1ccccc1. The lowest BCUT2D eigenvalue weighted by molar-refractivity contribution is 0.143. The number of hydrogen-bond donors (Lipinski definition) is 2. The van der Waals surface area contributed by atoms with Crippen LogP contribution in [0.5, 0.6) is 0 Å². The average Bonchev–Trinajstić information content (AvgIpc) is 2.90. The molecule has 0 saturated carbocycles. The van der Waals surface area contributed by atoms with E-state index >= 15 is 0 Å². The van der Waals surface area contributed by atoms with E-state index in [-0.39, 0.29) is 12.2 Å². The number of alkyl carbamates (subject to hydrolysis) is 2. The van der Waals surface area contributed by atoms with Crippen molar-refractivity contribution in [3.63, 3.8) is 0 Å². The summed E-state index contributed by atoms with van der Waals surface area (Å²) in [5.41, 5.74) is 2.37. The summed E-state index contributed by atoms with van der Waals surface area (Å²) in [7, 11) is 0. The van der Waals surface area contributed by atoms with E-state index in [1.807, 2.05) is 60.7 Å². The zero-order valence-electron chi connectivity index (χ0n) is 20.9. The van der Waals surface area contributed by atoms with Crippen molar-refractivity contribution in [2.45, 2.75) is 51.4 Å². The first-order valence-electron chi connectivity index (χ1n) is 12.6. The van der Waals surface area contributed by atoms with Crippen molar-refractivity contribution in [2.24, 2.45) is 0 Å². The van der Waals surface area contributed by atoms with Crippen LogP contribution in [0.4, 0.5) is 9.59 Å². The Bertz CT molecular complexity index is 918. The monoisotopic (exact) mass is 488 g/mol. The first kappa shape index (κ1) is 28.3. The maximum Gasteiger partial charge on any atom is 0.407 e. The molecule has 0 spiro atoms. The highest BCUT2D eigenvalue weighted by Crippen LogP contribution is 2.00. The van der Waals surface area contributed by atoms with Gasteiger partial charge in [0.05, 0.1) is 13.2 Å². The zero-order valence-corrected chi connectivity index (χ0v) is 20.9. The molecule has 0 saturated heterocycles. The molecule has 6 heteroatoms. The molecule has 2 aromatic rings. The lowest BCUT2D eigenvalue weighted by Gasteiger charge is -2.06. The van der Waals surface area contributed by atoms with Gasteiger partial charge in [0, 0.05) is 25.9 Å². The van der Waals surface area contributed by atoms with E-state index in [1.165, 1.54) is 11.1 Å². The van der Waals surface area contributed by atoms with Gasteiger partial charge in [-0.25, -0.2) is 9.59 Å². The third-order valence-electron chi connectivity index (χ3n) is 5.15. The summed E-state index contributed by atoms with van der Waals surface area (Å²) >= 11 is 0. The van der Waals surface area contributed by atoms with E-state index in [1.54, 1.807) is 0 Å². The number of rotatable bonds is 14. The van der Waals surface area contributed by atoms with E-state index in [0.29, 0.717) is 26.3 Å². The topological polar surface area (TPSA) is 76.7 Å². The molecular weight excluding hydrogens is 452 g/mol. The zero-order chi connectivity index (χ0) is 25.5. The molecule has 190 valence electrons. The second-order valence-electron chi connectivity index (χ2n) is 8.11. The minimum atomic E-state index is -0.378. The van der Waals surface area contributed by atoms with Gasteiger partial charge in [0.1, 0.15) is 0 Å². The maximum absolute atomic E-state index is 11.7. The summed E-state index contributed by atoms with van der Waals surface area (Å²) in [6.45, 7) is 1.89. The van der Waals surface area contributed by atoms with E-state index in [4.69, 9.17) is 9.47 Å². The molecule has 0 aliphatic rings. The molecule has 0 radical (unpaired) electrons. The Morgan fingerprint density at radius 1 is 0.611 bits per heavy atom. The summed E-state index contributed by atoms with van der Waals surface area (Å²) < 4.78 is 10.3. The Kier molecular flexibility index (Phi) is 15.3. The van der Waals surface area contributed by atoms with E-state index in [0.717, 1.165) is 51.4 Å². The molecule has 0 heterocycles. The van der Waals surface area contributed by atoms with Crippen LogP contribution in [-0.4, -0.2) is 38.5 Å². The number of hydrogen-bond acceptors (Lipinski definition) is 4. The summed E-state index contributed by atoms with van der Waals surface area (Å²) in [6.07, 6.45) is 5.52. The third kappa shape index (κ3) is 15.1. The van der Waals surface area contributed by atoms with E-state index < -0.39 is 0 Å². The smallest absolute Gasteiger partial charge is 0.407 e. The van der Waals surface area contributed by atoms with Crippen LogP contribution in [-0.2, 0) is 22.3 Å². The molecule has 0 bridgehead atoms. The number of amides is 2. The van der Waals surface area contributed by atoms with E-state index in [2.05, 4.69) is 34.3 Å². The van der Waals surface area contributed by atoms with Gasteiger partial charge in [0.15, 0.2) is 0 Å². The predicted octanol–water partition coefficient (Wildman–Crippen LogP) is 5.27. The Labute approximate surface area is 215 Å². The maximum atomic E-state index is 11.7. The quantitative estimate of drug-likeness (QED) is 0.281. The molecule has 0 aliphatic carbocycles. The molecule has 2 aromatic carbocycles. The van der Waals surface area contributed by atoms with Crippen molar-refractivity contribution in [1.82, 2.24) is 10.6 Å². The van der Waals surface area contributed by atoms with Gasteiger partial charge in [0.25, 0.3) is 0 Å². The van der Waals surface area contributed by atoms with Crippen LogP contribution in [0.3, 0.4) is 0 Å². The van der Waals surface area contributed by atoms with Gasteiger partial charge in [-0.2, -0.15) is 0 Å². The molecule has 0 aliphatic heterocycles. The van der Waals surface area contributed by atoms with Gasteiger partial charge in [-0.3, -0.25) is 0 Å². The molecule has 0 atom stereocenters. The first-order valence-corrected chi connectivity index (χ1v) is 12.6. The fourth-order valence-corrected chi connectivity index (χ4v) is 3.18. The predicted molar refractivity (Wildman–Crippen MR) is 142 cm³/mol. The number of unbranched alkanes of at least 4 members (excludes halogenated alkanes) is 4. The highest BCUT2D eigenvalue weighted by atomic mass is 16.6. The van der Waals surface area contributed by atoms with Crippen LogP contribution in [0.1, 0.15) is 49.7 Å². The summed E-state index contributed by atoms with van der Waals surface area (Å²) in [5, 5.41) is 5.52. The van der Waals surface area contributed by atoms with Gasteiger partial charge >= 0.3 is 12.2 Å². The van der Waals surface area contributed by atoms with Gasteiger partial charge < -0.3 is 20.1 Å². The molecule has 6 nitrogen and oxygen atoms in total. The molecule has 2 rings (SSSR count). The van der Waals surface area contributed by atoms with Crippen LogP contribution in [0.2, 0.25) is 0 Å². The number of nitrogens with one attached hydrogen (secondary N) is 2. The van der Waals surface area contributed by atoms with Crippen molar-refractivity contribution in [2.75, 3.05) is 26.3 Å². The second-order valence-corrected chi connectivity index (χ2v) is 8.11. The van der Waals surface area contributed by atoms with Gasteiger partial charge in [-0.05, 0) is 61.5 Å². The standard InChI is InChI=1S/C30H36N2O4/c33-29(31-23-21-27-17-11-9-12-18-27)35-25-15-7-5-3-1-2-4-6-8-16-26-36-30(34)32-24-22-28-19-13-10-14-20-28/h9-14,17-20H,5-8,15-16,21-26H2,(H,31,33)(H,32,34). The highest BCUT2D eigenvalue weighted by molar-refractivity contribution is 5.67. The summed E-state index contributed by atoms with van der Waals surface area (Å²) in [4.78, 5) is 23.3. The van der Waals surface area contributed by atoms with Gasteiger partial charge in [-0.15, -0.1) is 0 Å². The van der Waals surface area contributed by atoms with Crippen LogP contribution in [0.15, 0.2) is 60.7 Å². The summed E-state index contributed by atoms with van der Waals surface area (Å²) in [6, 6.07) is 20.0. The molecular formula is C30H36N2O4. The van der Waals surface area contributed by atoms with Crippen molar-refractivity contribution < 1.29 is 19.1 Å². The molecule has 0 aromatic heterocycles. The molecule has 36 heavy (non-hydrogen) atoms. The molecule has 0 fully saturated rings. The third-order valence-corrected chi connectivity index (χ3v) is 5.15. The van der Waals surface area contributed by atoms with Crippen LogP contribution in [0.25, 0.3) is 0 Å². The number of ether oxygens (including phenoxy) is 2. The fraction of sp³-hybridized carbons (Fsp3) is 0.400. The van der Waals surface area contributed by atoms with Gasteiger partial charge in [-0.1, -0.05) is 72.5 Å². The van der Waals surface area contributed by atoms with Crippen molar-refractivity contribution >= 4 is 12.2 Å². The van der Waals surface area contributed by atoms with Crippen molar-refractivity contribution in [1.29, 1.82) is 0 Å². The van der Waals surface area contributed by atoms with Crippen LogP contribution >= 0.6 is 0 Å². The van der Waals surface area contributed by atoms with Gasteiger partial charge in [0.2, 0.25) is 0 Å². The lowest BCUT2D eigenvalue weighted by Crippen LogP contribution is -2.26. The Morgan fingerprint density at radius 2 is 1.03 bits per heavy atom. The fourth-order valence-electron chi connectivity index (χ4n) is 3.18. The lowest BCUT2D eigenvalue weighted by atomic mass is 10.1. The molecule has 2 N–H and O–H groups in total. The minimum absolute atomic E-state index is 0.378. The molecule has 2 amide bonds. The largest absolute Gasteiger partial charge is 0.450 e. The van der Waals surface area contributed by atoms with Crippen LogP contribution in [0, 0.1) is 23.7 Å². The number of benzene rings is 2. The molecule has 0 unspecified atom stereocenters. The number of carbonyl (C=O) groups is 2. The number of carbonyl (C=O) groups excluding carboxylic acids is 2. The average molecular weight is 489 g/mol. The van der Waals surface area contributed by atoms with E-state index in [9.17, 15) is 9.59 Å². The van der Waals surface area contributed by atoms with Crippen molar-refractivity contribution in [3.05, 3.63) is 71.8 Å². The summed E-state index contributed by atoms with van der Waals surface area (Å²) in [5.74, 6) is 11.7. The minimum Gasteiger partial charge on any atom is -0.450 e. The second kappa shape index (κ2) is 19.4. The van der Waals surface area contributed by atoms with Crippen LogP contribution < -0.4 is 10.6 Å². The first-order chi connectivity index (χ1) is 17.7.